The van der Waals surface area contributed by atoms with Gasteiger partial charge in [0.1, 0.15) is 12.6 Å². The number of primary amides is 1. The number of carbonyl (C=O) groups excluding carboxylic acids is 3. The summed E-state index contributed by atoms with van der Waals surface area (Å²) in [6.45, 7) is 4.14. The number of amides is 2. The number of Topliss-reactive ketones (excluding diaryl/α,β-unsaturated/α-hetero) is 1. The van der Waals surface area contributed by atoms with Crippen molar-refractivity contribution in [2.75, 3.05) is 20.3 Å². The number of piperidine rings is 1. The molecule has 0 aliphatic carbocycles. The summed E-state index contributed by atoms with van der Waals surface area (Å²) < 4.78 is 10.6. The maximum absolute atomic E-state index is 12.6. The van der Waals surface area contributed by atoms with Crippen molar-refractivity contribution in [3.8, 4) is 11.5 Å². The summed E-state index contributed by atoms with van der Waals surface area (Å²) in [5.74, 6) is -1.25. The fourth-order valence-electron chi connectivity index (χ4n) is 2.80. The molecule has 1 heterocycles. The molecular weight excluding hydrogens is 324 g/mol. The Hall–Kier alpha value is -2.83. The Morgan fingerprint density at radius 1 is 1.32 bits per heavy atom. The Labute approximate surface area is 146 Å². The van der Waals surface area contributed by atoms with Crippen LogP contribution in [0.4, 0.5) is 0 Å². The number of likely N-dealkylation sites (tertiary alicyclic amines) is 1. The molecule has 134 valence electrons. The van der Waals surface area contributed by atoms with Crippen molar-refractivity contribution in [1.29, 1.82) is 0 Å². The summed E-state index contributed by atoms with van der Waals surface area (Å²) in [7, 11) is 1.48. The van der Waals surface area contributed by atoms with E-state index in [0.717, 1.165) is 12.8 Å². The molecule has 0 saturated carbocycles. The fraction of sp³-hybridized carbons (Fsp3) is 0.389. The monoisotopic (exact) mass is 346 g/mol. The van der Waals surface area contributed by atoms with Crippen molar-refractivity contribution >= 4 is 17.6 Å². The van der Waals surface area contributed by atoms with Gasteiger partial charge in [0.2, 0.25) is 5.91 Å². The molecule has 2 amide bonds. The van der Waals surface area contributed by atoms with Crippen LogP contribution in [0.2, 0.25) is 0 Å². The summed E-state index contributed by atoms with van der Waals surface area (Å²) in [4.78, 5) is 38.0. The molecule has 1 atom stereocenters. The number of hydrogen-bond donors (Lipinski definition) is 1. The minimum atomic E-state index is -0.736. The first-order valence-electron chi connectivity index (χ1n) is 8.06. The van der Waals surface area contributed by atoms with Crippen molar-refractivity contribution in [1.82, 2.24) is 4.90 Å². The highest BCUT2D eigenvalue weighted by molar-refractivity contribution is 6.43. The van der Waals surface area contributed by atoms with Crippen molar-refractivity contribution < 1.29 is 23.9 Å². The molecule has 0 unspecified atom stereocenters. The van der Waals surface area contributed by atoms with Gasteiger partial charge in [-0.1, -0.05) is 12.7 Å². The molecule has 0 bridgehead atoms. The predicted octanol–water partition coefficient (Wildman–Crippen LogP) is 1.31. The molecule has 0 spiro atoms. The number of ketones is 1. The quantitative estimate of drug-likeness (QED) is 0.456. The molecule has 1 fully saturated rings. The predicted molar refractivity (Wildman–Crippen MR) is 91.6 cm³/mol. The van der Waals surface area contributed by atoms with Crippen LogP contribution in [0.1, 0.15) is 29.6 Å². The minimum Gasteiger partial charge on any atom is -0.493 e. The lowest BCUT2D eigenvalue weighted by Crippen LogP contribution is -2.52. The number of benzene rings is 1. The first-order chi connectivity index (χ1) is 12.0. The van der Waals surface area contributed by atoms with Gasteiger partial charge in [-0.3, -0.25) is 14.4 Å². The molecule has 0 radical (unpaired) electrons. The molecule has 7 nitrogen and oxygen atoms in total. The fourth-order valence-corrected chi connectivity index (χ4v) is 2.80. The second kappa shape index (κ2) is 8.32. The smallest absolute Gasteiger partial charge is 0.295 e. The summed E-state index contributed by atoms with van der Waals surface area (Å²) in [6, 6.07) is 3.76. The Morgan fingerprint density at radius 3 is 2.72 bits per heavy atom. The maximum Gasteiger partial charge on any atom is 0.295 e. The zero-order valence-electron chi connectivity index (χ0n) is 14.2. The van der Waals surface area contributed by atoms with Gasteiger partial charge in [-0.15, -0.1) is 0 Å². The molecule has 1 saturated heterocycles. The Bertz CT molecular complexity index is 686. The average molecular weight is 346 g/mol. The van der Waals surface area contributed by atoms with Crippen LogP contribution in [0.25, 0.3) is 0 Å². The maximum atomic E-state index is 12.6. The Balaban J connectivity index is 2.25. The van der Waals surface area contributed by atoms with Crippen LogP contribution in [0.15, 0.2) is 30.9 Å². The van der Waals surface area contributed by atoms with Gasteiger partial charge in [-0.05, 0) is 37.5 Å². The highest BCUT2D eigenvalue weighted by Crippen LogP contribution is 2.29. The van der Waals surface area contributed by atoms with E-state index in [-0.39, 0.29) is 12.2 Å². The van der Waals surface area contributed by atoms with Gasteiger partial charge in [0.05, 0.1) is 7.11 Å². The largest absolute Gasteiger partial charge is 0.493 e. The van der Waals surface area contributed by atoms with Crippen LogP contribution >= 0.6 is 0 Å². The van der Waals surface area contributed by atoms with E-state index >= 15 is 0 Å². The summed E-state index contributed by atoms with van der Waals surface area (Å²) >= 11 is 0. The van der Waals surface area contributed by atoms with Gasteiger partial charge in [-0.25, -0.2) is 0 Å². The topological polar surface area (TPSA) is 98.9 Å². The van der Waals surface area contributed by atoms with Crippen molar-refractivity contribution in [2.24, 2.45) is 5.73 Å². The van der Waals surface area contributed by atoms with E-state index in [2.05, 4.69) is 6.58 Å². The number of ether oxygens (including phenoxy) is 2. The van der Waals surface area contributed by atoms with Gasteiger partial charge in [0, 0.05) is 12.1 Å². The third-order valence-corrected chi connectivity index (χ3v) is 4.07. The third-order valence-electron chi connectivity index (χ3n) is 4.07. The summed E-state index contributed by atoms with van der Waals surface area (Å²) in [6.07, 6.45) is 3.57. The average Bonchev–Trinajstić information content (AvgIpc) is 2.64. The number of nitrogens with zero attached hydrogens (tertiary/aromatic N) is 1. The van der Waals surface area contributed by atoms with Crippen molar-refractivity contribution in [3.63, 3.8) is 0 Å². The lowest BCUT2D eigenvalue weighted by atomic mass is 10.00. The van der Waals surface area contributed by atoms with E-state index in [1.54, 1.807) is 12.1 Å². The molecule has 0 aromatic heterocycles. The van der Waals surface area contributed by atoms with Crippen LogP contribution in [-0.4, -0.2) is 48.8 Å². The third kappa shape index (κ3) is 4.17. The second-order valence-corrected chi connectivity index (χ2v) is 5.71. The van der Waals surface area contributed by atoms with Gasteiger partial charge in [0.15, 0.2) is 11.5 Å². The standard InChI is InChI=1S/C18H22N2O5/c1-3-10-25-15-11-12(7-8-14(15)24-2)16(21)18(23)20-9-5-4-6-13(20)17(19)22/h3,7-8,11,13H,1,4-6,9-10H2,2H3,(H2,19,22)/t13-/m0/s1. The van der Waals surface area contributed by atoms with E-state index in [1.165, 1.54) is 24.1 Å². The number of nitrogens with two attached hydrogens (primary N) is 1. The summed E-state index contributed by atoms with van der Waals surface area (Å²) in [5, 5.41) is 0. The first kappa shape index (κ1) is 18.5. The SMILES string of the molecule is C=CCOc1cc(C(=O)C(=O)N2CCCC[C@H]2C(N)=O)ccc1OC. The van der Waals surface area contributed by atoms with E-state index < -0.39 is 23.6 Å². The van der Waals surface area contributed by atoms with Gasteiger partial charge in [0.25, 0.3) is 11.7 Å². The molecule has 2 N–H and O–H groups in total. The van der Waals surface area contributed by atoms with E-state index in [1.807, 2.05) is 0 Å². The van der Waals surface area contributed by atoms with Crippen LogP contribution in [0, 0.1) is 0 Å². The second-order valence-electron chi connectivity index (χ2n) is 5.71. The van der Waals surface area contributed by atoms with Gasteiger partial charge in [-0.2, -0.15) is 0 Å². The molecule has 1 aromatic carbocycles. The van der Waals surface area contributed by atoms with Crippen molar-refractivity contribution in [3.05, 3.63) is 36.4 Å². The normalized spacial score (nSPS) is 16.8. The highest BCUT2D eigenvalue weighted by atomic mass is 16.5. The summed E-state index contributed by atoms with van der Waals surface area (Å²) in [5.41, 5.74) is 5.53. The number of carbonyl (C=O) groups is 3. The van der Waals surface area contributed by atoms with Crippen LogP contribution in [0.5, 0.6) is 11.5 Å². The Morgan fingerprint density at radius 2 is 2.08 bits per heavy atom. The molecule has 7 heteroatoms. The molecule has 25 heavy (non-hydrogen) atoms. The van der Waals surface area contributed by atoms with Gasteiger partial charge >= 0.3 is 0 Å². The van der Waals surface area contributed by atoms with Crippen LogP contribution < -0.4 is 15.2 Å². The van der Waals surface area contributed by atoms with Crippen LogP contribution in [-0.2, 0) is 9.59 Å². The zero-order valence-corrected chi connectivity index (χ0v) is 14.2. The molecule has 2 rings (SSSR count). The van der Waals surface area contributed by atoms with Crippen LogP contribution in [0.3, 0.4) is 0 Å². The minimum absolute atomic E-state index is 0.165. The Kier molecular flexibility index (Phi) is 6.16. The van der Waals surface area contributed by atoms with Crippen molar-refractivity contribution in [2.45, 2.75) is 25.3 Å². The first-order valence-corrected chi connectivity index (χ1v) is 8.06. The van der Waals surface area contributed by atoms with Gasteiger partial charge < -0.3 is 20.1 Å². The molecule has 1 aliphatic rings. The highest BCUT2D eigenvalue weighted by Gasteiger charge is 2.34. The molecule has 1 aliphatic heterocycles. The lowest BCUT2D eigenvalue weighted by molar-refractivity contribution is -0.137. The molecule has 1 aromatic rings. The number of rotatable bonds is 7. The molecular formula is C18H22N2O5. The van der Waals surface area contributed by atoms with E-state index in [9.17, 15) is 14.4 Å². The zero-order chi connectivity index (χ0) is 18.4. The number of methoxy groups -OCH3 is 1. The number of hydrogen-bond acceptors (Lipinski definition) is 5. The van der Waals surface area contributed by atoms with E-state index in [0.29, 0.717) is 24.5 Å². The lowest BCUT2D eigenvalue weighted by Gasteiger charge is -2.33. The van der Waals surface area contributed by atoms with E-state index in [4.69, 9.17) is 15.2 Å².